The fourth-order valence-electron chi connectivity index (χ4n) is 1.52. The van der Waals surface area contributed by atoms with Crippen LogP contribution in [0.1, 0.15) is 6.92 Å². The summed E-state index contributed by atoms with van der Waals surface area (Å²) in [6.45, 7) is 1.70. The molecular formula is C8H10O4. The number of rotatable bonds is 1. The summed E-state index contributed by atoms with van der Waals surface area (Å²) in [4.78, 5) is 11.2. The zero-order chi connectivity index (χ0) is 8.93. The first-order chi connectivity index (χ1) is 5.59. The third kappa shape index (κ3) is 0.763. The van der Waals surface area contributed by atoms with Gasteiger partial charge < -0.3 is 14.6 Å². The Morgan fingerprint density at radius 3 is 3.00 bits per heavy atom. The monoisotopic (exact) mass is 170 g/mol. The van der Waals surface area contributed by atoms with Gasteiger partial charge >= 0.3 is 0 Å². The molecule has 1 heterocycles. The fourth-order valence-corrected chi connectivity index (χ4v) is 1.52. The predicted octanol–water partition coefficient (Wildman–Crippen LogP) is -0.382. The van der Waals surface area contributed by atoms with Crippen LogP contribution in [-0.2, 0) is 14.3 Å². The lowest BCUT2D eigenvalue weighted by Gasteiger charge is -2.20. The molecular weight excluding hydrogens is 160 g/mol. The van der Waals surface area contributed by atoms with E-state index in [0.717, 1.165) is 0 Å². The van der Waals surface area contributed by atoms with Crippen LogP contribution in [0.5, 0.6) is 0 Å². The van der Waals surface area contributed by atoms with E-state index in [0.29, 0.717) is 0 Å². The minimum absolute atomic E-state index is 0.125. The summed E-state index contributed by atoms with van der Waals surface area (Å²) in [7, 11) is 1.42. The van der Waals surface area contributed by atoms with Gasteiger partial charge in [-0.1, -0.05) is 0 Å². The molecule has 1 saturated heterocycles. The van der Waals surface area contributed by atoms with Crippen LogP contribution in [0, 0.1) is 0 Å². The molecule has 0 amide bonds. The highest BCUT2D eigenvalue weighted by atomic mass is 16.6. The van der Waals surface area contributed by atoms with Crippen LogP contribution < -0.4 is 0 Å². The Morgan fingerprint density at radius 1 is 1.75 bits per heavy atom. The Morgan fingerprint density at radius 2 is 2.42 bits per heavy atom. The van der Waals surface area contributed by atoms with Gasteiger partial charge in [0.25, 0.3) is 0 Å². The van der Waals surface area contributed by atoms with Gasteiger partial charge in [0, 0.05) is 6.08 Å². The van der Waals surface area contributed by atoms with Gasteiger partial charge in [0.05, 0.1) is 7.11 Å². The number of fused-ring (bicyclic) bond motifs is 1. The lowest BCUT2D eigenvalue weighted by molar-refractivity contribution is -0.116. The van der Waals surface area contributed by atoms with Gasteiger partial charge in [-0.15, -0.1) is 0 Å². The van der Waals surface area contributed by atoms with Crippen LogP contribution >= 0.6 is 0 Å². The highest BCUT2D eigenvalue weighted by molar-refractivity contribution is 5.98. The molecule has 66 valence electrons. The van der Waals surface area contributed by atoms with Crippen molar-refractivity contribution in [3.8, 4) is 0 Å². The lowest BCUT2D eigenvalue weighted by Crippen LogP contribution is -2.37. The van der Waals surface area contributed by atoms with Gasteiger partial charge in [-0.25, -0.2) is 0 Å². The molecule has 0 aromatic rings. The summed E-state index contributed by atoms with van der Waals surface area (Å²) >= 11 is 0. The molecule has 3 atom stereocenters. The average Bonchev–Trinajstić information content (AvgIpc) is 2.73. The van der Waals surface area contributed by atoms with E-state index in [1.165, 1.54) is 13.2 Å². The number of hydrogen-bond acceptors (Lipinski definition) is 4. The van der Waals surface area contributed by atoms with E-state index in [-0.39, 0.29) is 11.5 Å². The third-order valence-electron chi connectivity index (χ3n) is 2.43. The SMILES string of the molecule is COC1=CC(=O)C2OC2(C)C1O. The van der Waals surface area contributed by atoms with Gasteiger partial charge in [-0.3, -0.25) is 4.79 Å². The maximum absolute atomic E-state index is 11.2. The van der Waals surface area contributed by atoms with Gasteiger partial charge in [-0.05, 0) is 6.92 Å². The molecule has 3 unspecified atom stereocenters. The van der Waals surface area contributed by atoms with Gasteiger partial charge in [-0.2, -0.15) is 0 Å². The number of epoxide rings is 1. The molecule has 0 saturated carbocycles. The second-order valence-electron chi connectivity index (χ2n) is 3.24. The summed E-state index contributed by atoms with van der Waals surface area (Å²) in [5, 5.41) is 9.59. The molecule has 0 aromatic heterocycles. The number of aliphatic hydroxyl groups excluding tert-OH is 1. The van der Waals surface area contributed by atoms with Crippen molar-refractivity contribution in [2.24, 2.45) is 0 Å². The van der Waals surface area contributed by atoms with Crippen molar-refractivity contribution in [1.82, 2.24) is 0 Å². The highest BCUT2D eigenvalue weighted by Crippen LogP contribution is 2.45. The molecule has 4 nitrogen and oxygen atoms in total. The number of ether oxygens (including phenoxy) is 2. The molecule has 1 aliphatic heterocycles. The summed E-state index contributed by atoms with van der Waals surface area (Å²) in [6.07, 6.45) is 0.0148. The smallest absolute Gasteiger partial charge is 0.190 e. The van der Waals surface area contributed by atoms with E-state index >= 15 is 0 Å². The second-order valence-corrected chi connectivity index (χ2v) is 3.24. The first kappa shape index (κ1) is 7.76. The topological polar surface area (TPSA) is 59.1 Å². The molecule has 2 rings (SSSR count). The number of carbonyl (C=O) groups excluding carboxylic acids is 1. The van der Waals surface area contributed by atoms with Gasteiger partial charge in [0.15, 0.2) is 11.9 Å². The molecule has 0 radical (unpaired) electrons. The predicted molar refractivity (Wildman–Crippen MR) is 39.4 cm³/mol. The van der Waals surface area contributed by atoms with Crippen LogP contribution in [0.4, 0.5) is 0 Å². The normalized spacial score (nSPS) is 44.9. The van der Waals surface area contributed by atoms with Gasteiger partial charge in [0.1, 0.15) is 17.5 Å². The Hall–Kier alpha value is -0.870. The van der Waals surface area contributed by atoms with Crippen LogP contribution in [0.25, 0.3) is 0 Å². The van der Waals surface area contributed by atoms with E-state index in [9.17, 15) is 9.90 Å². The molecule has 2 aliphatic rings. The van der Waals surface area contributed by atoms with Crippen molar-refractivity contribution < 1.29 is 19.4 Å². The lowest BCUT2D eigenvalue weighted by atomic mass is 9.91. The van der Waals surface area contributed by atoms with Crippen LogP contribution in [0.3, 0.4) is 0 Å². The summed E-state index contributed by atoms with van der Waals surface area (Å²) in [6, 6.07) is 0. The van der Waals surface area contributed by atoms with E-state index in [2.05, 4.69) is 0 Å². The average molecular weight is 170 g/mol. The summed E-state index contributed by atoms with van der Waals surface area (Å²) in [5.41, 5.74) is -0.739. The largest absolute Gasteiger partial charge is 0.498 e. The van der Waals surface area contributed by atoms with Crippen LogP contribution in [0.2, 0.25) is 0 Å². The highest BCUT2D eigenvalue weighted by Gasteiger charge is 2.64. The van der Waals surface area contributed by atoms with Gasteiger partial charge in [0.2, 0.25) is 0 Å². The molecule has 0 spiro atoms. The minimum atomic E-state index is -0.815. The van der Waals surface area contributed by atoms with E-state index in [1.54, 1.807) is 6.92 Å². The van der Waals surface area contributed by atoms with E-state index in [1.807, 2.05) is 0 Å². The Labute approximate surface area is 69.8 Å². The van der Waals surface area contributed by atoms with E-state index in [4.69, 9.17) is 9.47 Å². The first-order valence-corrected chi connectivity index (χ1v) is 3.75. The summed E-state index contributed by atoms with van der Waals surface area (Å²) < 4.78 is 9.94. The van der Waals surface area contributed by atoms with Crippen molar-refractivity contribution in [2.75, 3.05) is 7.11 Å². The second kappa shape index (κ2) is 2.08. The zero-order valence-corrected chi connectivity index (χ0v) is 6.90. The van der Waals surface area contributed by atoms with Crippen LogP contribution in [0.15, 0.2) is 11.8 Å². The van der Waals surface area contributed by atoms with Crippen molar-refractivity contribution >= 4 is 5.78 Å². The standard InChI is InChI=1S/C8H10O4/c1-8-6(10)5(11-2)3-4(9)7(8)12-8/h3,6-7,10H,1-2H3. The minimum Gasteiger partial charge on any atom is -0.498 e. The third-order valence-corrected chi connectivity index (χ3v) is 2.43. The number of hydrogen-bond donors (Lipinski definition) is 1. The van der Waals surface area contributed by atoms with Crippen molar-refractivity contribution in [3.05, 3.63) is 11.8 Å². The number of carbonyl (C=O) groups is 1. The fraction of sp³-hybridized carbons (Fsp3) is 0.625. The molecule has 1 aliphatic carbocycles. The summed E-state index contributed by atoms with van der Waals surface area (Å²) in [5.74, 6) is 0.163. The number of ketones is 1. The molecule has 1 N–H and O–H groups in total. The molecule has 4 heteroatoms. The maximum atomic E-state index is 11.2. The van der Waals surface area contributed by atoms with E-state index < -0.39 is 17.8 Å². The zero-order valence-electron chi connectivity index (χ0n) is 6.90. The Kier molecular flexibility index (Phi) is 1.35. The molecule has 1 fully saturated rings. The first-order valence-electron chi connectivity index (χ1n) is 3.75. The maximum Gasteiger partial charge on any atom is 0.190 e. The number of aliphatic hydroxyl groups is 1. The Balaban J connectivity index is 2.33. The number of methoxy groups -OCH3 is 1. The molecule has 12 heavy (non-hydrogen) atoms. The molecule has 0 aromatic carbocycles. The van der Waals surface area contributed by atoms with Crippen molar-refractivity contribution in [3.63, 3.8) is 0 Å². The van der Waals surface area contributed by atoms with Crippen LogP contribution in [-0.4, -0.2) is 35.8 Å². The van der Waals surface area contributed by atoms with Crippen molar-refractivity contribution in [2.45, 2.75) is 24.7 Å². The quantitative estimate of drug-likeness (QED) is 0.545. The van der Waals surface area contributed by atoms with Crippen molar-refractivity contribution in [1.29, 1.82) is 0 Å². The molecule has 0 bridgehead atoms. The Bertz CT molecular complexity index is 270.